The van der Waals surface area contributed by atoms with E-state index in [0.29, 0.717) is 6.42 Å². The maximum absolute atomic E-state index is 9.97. The molecule has 0 amide bonds. The van der Waals surface area contributed by atoms with E-state index in [4.69, 9.17) is 6.42 Å². The molecule has 8 heavy (non-hydrogen) atoms. The van der Waals surface area contributed by atoms with Crippen LogP contribution in [0.5, 0.6) is 0 Å². The van der Waals surface area contributed by atoms with Crippen molar-refractivity contribution in [3.8, 4) is 12.3 Å². The topological polar surface area (TPSA) is 29.1 Å². The molecule has 0 saturated heterocycles. The largest absolute Gasteiger partial charge is 0.310 e. The number of likely N-dealkylation sites (N-methyl/N-ethyl adjacent to an activating group) is 1. The van der Waals surface area contributed by atoms with Crippen LogP contribution < -0.4 is 5.32 Å². The molecule has 0 aromatic heterocycles. The van der Waals surface area contributed by atoms with Gasteiger partial charge in [0.25, 0.3) is 0 Å². The second-order valence-electron chi connectivity index (χ2n) is 1.44. The molecule has 1 N–H and O–H groups in total. The van der Waals surface area contributed by atoms with E-state index in [0.717, 1.165) is 6.29 Å². The minimum absolute atomic E-state index is 0.167. The van der Waals surface area contributed by atoms with Crippen molar-refractivity contribution < 1.29 is 4.79 Å². The average molecular weight is 111 g/mol. The number of nitrogens with one attached hydrogen (secondary N) is 1. The molecule has 1 atom stereocenters. The molecule has 0 radical (unpaired) electrons. The molecule has 0 aliphatic rings. The zero-order valence-corrected chi connectivity index (χ0v) is 4.85. The van der Waals surface area contributed by atoms with Crippen LogP contribution in [0.1, 0.15) is 6.42 Å². The number of hydrogen-bond donors (Lipinski definition) is 1. The first-order valence-corrected chi connectivity index (χ1v) is 2.41. The number of carbonyl (C=O) groups excluding carboxylic acids is 1. The smallest absolute Gasteiger partial charge is 0.137 e. The Bertz CT molecular complexity index is 104. The van der Waals surface area contributed by atoms with Crippen LogP contribution in [0.2, 0.25) is 0 Å². The van der Waals surface area contributed by atoms with Gasteiger partial charge in [-0.05, 0) is 7.05 Å². The summed E-state index contributed by atoms with van der Waals surface area (Å²) >= 11 is 0. The Morgan fingerprint density at radius 1 is 2.00 bits per heavy atom. The van der Waals surface area contributed by atoms with Crippen molar-refractivity contribution >= 4 is 6.29 Å². The maximum Gasteiger partial charge on any atom is 0.137 e. The first kappa shape index (κ1) is 7.19. The van der Waals surface area contributed by atoms with Crippen molar-refractivity contribution in [2.75, 3.05) is 7.05 Å². The third-order valence-corrected chi connectivity index (χ3v) is 0.873. The normalized spacial score (nSPS) is 12.0. The molecule has 0 fully saturated rings. The summed E-state index contributed by atoms with van der Waals surface area (Å²) in [6.07, 6.45) is 6.21. The van der Waals surface area contributed by atoms with Crippen LogP contribution in [0, 0.1) is 12.3 Å². The van der Waals surface area contributed by atoms with Crippen LogP contribution in [0.4, 0.5) is 0 Å². The maximum atomic E-state index is 9.97. The highest BCUT2D eigenvalue weighted by Crippen LogP contribution is 1.81. The Hall–Kier alpha value is -0.810. The van der Waals surface area contributed by atoms with Gasteiger partial charge in [-0.1, -0.05) is 0 Å². The van der Waals surface area contributed by atoms with Gasteiger partial charge in [0.05, 0.1) is 6.04 Å². The SMILES string of the molecule is C#CCC(C=O)NC. The highest BCUT2D eigenvalue weighted by Gasteiger charge is 1.97. The molecular weight excluding hydrogens is 102 g/mol. The van der Waals surface area contributed by atoms with Gasteiger partial charge in [-0.2, -0.15) is 0 Å². The second-order valence-corrected chi connectivity index (χ2v) is 1.44. The Balaban J connectivity index is 3.40. The van der Waals surface area contributed by atoms with Crippen LogP contribution in [0.15, 0.2) is 0 Å². The van der Waals surface area contributed by atoms with E-state index in [-0.39, 0.29) is 6.04 Å². The molecule has 44 valence electrons. The highest BCUT2D eigenvalue weighted by atomic mass is 16.1. The number of hydrogen-bond acceptors (Lipinski definition) is 2. The molecule has 0 rings (SSSR count). The fourth-order valence-electron chi connectivity index (χ4n) is 0.345. The summed E-state index contributed by atoms with van der Waals surface area (Å²) < 4.78 is 0. The van der Waals surface area contributed by atoms with E-state index in [1.165, 1.54) is 0 Å². The predicted molar refractivity (Wildman–Crippen MR) is 32.4 cm³/mol. The van der Waals surface area contributed by atoms with Gasteiger partial charge in [0, 0.05) is 6.42 Å². The average Bonchev–Trinajstić information content (AvgIpc) is 1.83. The summed E-state index contributed by atoms with van der Waals surface area (Å²) in [6, 6.07) is -0.167. The molecule has 0 aromatic carbocycles. The lowest BCUT2D eigenvalue weighted by atomic mass is 10.2. The van der Waals surface area contributed by atoms with Gasteiger partial charge in [-0.3, -0.25) is 0 Å². The van der Waals surface area contributed by atoms with Gasteiger partial charge in [-0.15, -0.1) is 12.3 Å². The Morgan fingerprint density at radius 2 is 2.62 bits per heavy atom. The quantitative estimate of drug-likeness (QED) is 0.403. The zero-order valence-electron chi connectivity index (χ0n) is 4.85. The number of terminal acetylenes is 1. The fraction of sp³-hybridized carbons (Fsp3) is 0.500. The van der Waals surface area contributed by atoms with Gasteiger partial charge in [-0.25, -0.2) is 0 Å². The number of aldehydes is 1. The summed E-state index contributed by atoms with van der Waals surface area (Å²) in [7, 11) is 1.70. The third-order valence-electron chi connectivity index (χ3n) is 0.873. The summed E-state index contributed by atoms with van der Waals surface area (Å²) in [5.74, 6) is 2.38. The van der Waals surface area contributed by atoms with E-state index in [9.17, 15) is 4.79 Å². The van der Waals surface area contributed by atoms with Crippen LogP contribution in [0.3, 0.4) is 0 Å². The van der Waals surface area contributed by atoms with Crippen molar-refractivity contribution in [1.29, 1.82) is 0 Å². The van der Waals surface area contributed by atoms with Crippen molar-refractivity contribution in [2.24, 2.45) is 0 Å². The lowest BCUT2D eigenvalue weighted by Crippen LogP contribution is -2.25. The standard InChI is InChI=1S/C6H9NO/c1-3-4-6(5-8)7-2/h1,5-7H,4H2,2H3. The van der Waals surface area contributed by atoms with Crippen molar-refractivity contribution in [2.45, 2.75) is 12.5 Å². The highest BCUT2D eigenvalue weighted by molar-refractivity contribution is 5.57. The monoisotopic (exact) mass is 111 g/mol. The van der Waals surface area contributed by atoms with E-state index in [2.05, 4.69) is 11.2 Å². The van der Waals surface area contributed by atoms with Crippen molar-refractivity contribution in [1.82, 2.24) is 5.32 Å². The van der Waals surface area contributed by atoms with E-state index in [1.807, 2.05) is 0 Å². The predicted octanol–water partition coefficient (Wildman–Crippen LogP) is -0.203. The molecule has 0 heterocycles. The Morgan fingerprint density at radius 3 is 2.75 bits per heavy atom. The summed E-state index contributed by atoms with van der Waals surface area (Å²) in [4.78, 5) is 9.97. The number of carbonyl (C=O) groups is 1. The van der Waals surface area contributed by atoms with Crippen molar-refractivity contribution in [3.63, 3.8) is 0 Å². The van der Waals surface area contributed by atoms with Crippen LogP contribution in [-0.2, 0) is 4.79 Å². The molecule has 0 aromatic rings. The molecule has 0 saturated carbocycles. The second kappa shape index (κ2) is 4.35. The zero-order chi connectivity index (χ0) is 6.41. The fourth-order valence-corrected chi connectivity index (χ4v) is 0.345. The first-order chi connectivity index (χ1) is 3.85. The van der Waals surface area contributed by atoms with Gasteiger partial charge < -0.3 is 10.1 Å². The minimum Gasteiger partial charge on any atom is -0.310 e. The number of rotatable bonds is 3. The third kappa shape index (κ3) is 2.38. The van der Waals surface area contributed by atoms with E-state index < -0.39 is 0 Å². The van der Waals surface area contributed by atoms with E-state index >= 15 is 0 Å². The summed E-state index contributed by atoms with van der Waals surface area (Å²) in [5, 5.41) is 2.74. The molecule has 0 aliphatic heterocycles. The van der Waals surface area contributed by atoms with Gasteiger partial charge in [0.2, 0.25) is 0 Å². The Kier molecular flexibility index (Phi) is 3.91. The Labute approximate surface area is 49.3 Å². The van der Waals surface area contributed by atoms with Gasteiger partial charge >= 0.3 is 0 Å². The lowest BCUT2D eigenvalue weighted by Gasteiger charge is -2.00. The molecule has 2 heteroatoms. The minimum atomic E-state index is -0.167. The first-order valence-electron chi connectivity index (χ1n) is 2.41. The molecule has 0 aliphatic carbocycles. The van der Waals surface area contributed by atoms with Crippen molar-refractivity contribution in [3.05, 3.63) is 0 Å². The lowest BCUT2D eigenvalue weighted by molar-refractivity contribution is -0.109. The summed E-state index contributed by atoms with van der Waals surface area (Å²) in [6.45, 7) is 0. The summed E-state index contributed by atoms with van der Waals surface area (Å²) in [5.41, 5.74) is 0. The van der Waals surface area contributed by atoms with Gasteiger partial charge in [0.15, 0.2) is 0 Å². The van der Waals surface area contributed by atoms with E-state index in [1.54, 1.807) is 7.05 Å². The van der Waals surface area contributed by atoms with Crippen LogP contribution in [-0.4, -0.2) is 19.4 Å². The molecule has 2 nitrogen and oxygen atoms in total. The van der Waals surface area contributed by atoms with Crippen LogP contribution >= 0.6 is 0 Å². The molecular formula is C6H9NO. The molecule has 0 spiro atoms. The van der Waals surface area contributed by atoms with Crippen LogP contribution in [0.25, 0.3) is 0 Å². The molecule has 0 bridgehead atoms. The molecule has 1 unspecified atom stereocenters. The van der Waals surface area contributed by atoms with Gasteiger partial charge in [0.1, 0.15) is 6.29 Å².